The number of fused-ring (bicyclic) bond motifs is 1. The monoisotopic (exact) mass is 380 g/mol. The van der Waals surface area contributed by atoms with Gasteiger partial charge in [-0.15, -0.1) is 0 Å². The third kappa shape index (κ3) is 4.97. The summed E-state index contributed by atoms with van der Waals surface area (Å²) in [5, 5.41) is 5.47. The molecule has 6 nitrogen and oxygen atoms in total. The Morgan fingerprint density at radius 3 is 2.54 bits per heavy atom. The topological polar surface area (TPSA) is 84.5 Å². The lowest BCUT2D eigenvalue weighted by Gasteiger charge is -2.23. The summed E-state index contributed by atoms with van der Waals surface area (Å²) in [5.74, 6) is -0.207. The lowest BCUT2D eigenvalue weighted by molar-refractivity contribution is -0.120. The number of Topliss-reactive ketones (excluding diaryl/α,β-unsaturated/α-hetero) is 1. The fraction of sp³-hybridized carbons (Fsp3) is 0.318. The van der Waals surface area contributed by atoms with Gasteiger partial charge in [-0.25, -0.2) is 4.79 Å². The summed E-state index contributed by atoms with van der Waals surface area (Å²) < 4.78 is 5.31. The van der Waals surface area contributed by atoms with Gasteiger partial charge in [0.05, 0.1) is 6.42 Å². The van der Waals surface area contributed by atoms with E-state index >= 15 is 0 Å². The van der Waals surface area contributed by atoms with E-state index in [-0.39, 0.29) is 18.1 Å². The third-order valence-electron chi connectivity index (χ3n) is 4.29. The number of hydrogen-bond acceptors (Lipinski definition) is 4. The first-order chi connectivity index (χ1) is 13.2. The van der Waals surface area contributed by atoms with E-state index in [4.69, 9.17) is 4.74 Å². The summed E-state index contributed by atoms with van der Waals surface area (Å²) in [7, 11) is 0. The Labute approximate surface area is 164 Å². The van der Waals surface area contributed by atoms with Crippen LogP contribution in [0.3, 0.4) is 0 Å². The van der Waals surface area contributed by atoms with Crippen LogP contribution >= 0.6 is 0 Å². The first-order valence-corrected chi connectivity index (χ1v) is 9.20. The number of carbonyl (C=O) groups excluding carboxylic acids is 3. The van der Waals surface area contributed by atoms with Gasteiger partial charge in [-0.1, -0.05) is 42.5 Å². The zero-order chi connectivity index (χ0) is 20.3. The fourth-order valence-electron chi connectivity index (χ4n) is 3.12. The van der Waals surface area contributed by atoms with Crippen molar-refractivity contribution in [1.29, 1.82) is 0 Å². The van der Waals surface area contributed by atoms with Gasteiger partial charge < -0.3 is 15.4 Å². The van der Waals surface area contributed by atoms with Gasteiger partial charge in [-0.05, 0) is 43.5 Å². The molecule has 0 bridgehead atoms. The van der Waals surface area contributed by atoms with Crippen molar-refractivity contribution in [3.63, 3.8) is 0 Å². The molecule has 2 aromatic carbocycles. The summed E-state index contributed by atoms with van der Waals surface area (Å²) in [6.07, 6.45) is -0.189. The zero-order valence-corrected chi connectivity index (χ0v) is 16.2. The van der Waals surface area contributed by atoms with E-state index in [1.807, 2.05) is 36.4 Å². The highest BCUT2D eigenvalue weighted by atomic mass is 16.6. The summed E-state index contributed by atoms with van der Waals surface area (Å²) in [5.41, 5.74) is 2.50. The van der Waals surface area contributed by atoms with E-state index in [1.54, 1.807) is 32.9 Å². The number of amides is 2. The molecule has 2 amide bonds. The Kier molecular flexibility index (Phi) is 5.49. The second-order valence-electron chi connectivity index (χ2n) is 7.85. The van der Waals surface area contributed by atoms with Gasteiger partial charge in [-0.3, -0.25) is 9.59 Å². The van der Waals surface area contributed by atoms with Crippen molar-refractivity contribution in [3.8, 4) is 0 Å². The molecule has 3 rings (SSSR count). The Balaban J connectivity index is 1.78. The molecule has 1 aliphatic heterocycles. The van der Waals surface area contributed by atoms with Gasteiger partial charge in [0.1, 0.15) is 11.6 Å². The molecule has 1 atom stereocenters. The highest BCUT2D eigenvalue weighted by Gasteiger charge is 2.26. The minimum atomic E-state index is -0.816. The molecule has 0 aliphatic carbocycles. The number of anilines is 1. The maximum atomic E-state index is 13.0. The average molecular weight is 380 g/mol. The van der Waals surface area contributed by atoms with Gasteiger partial charge in [-0.2, -0.15) is 0 Å². The second kappa shape index (κ2) is 7.84. The number of rotatable bonds is 5. The van der Waals surface area contributed by atoms with E-state index in [1.165, 1.54) is 0 Å². The molecular weight excluding hydrogens is 356 g/mol. The zero-order valence-electron chi connectivity index (χ0n) is 16.2. The van der Waals surface area contributed by atoms with E-state index < -0.39 is 17.7 Å². The highest BCUT2D eigenvalue weighted by Crippen LogP contribution is 2.25. The minimum absolute atomic E-state index is 0.0489. The molecule has 0 fully saturated rings. The molecule has 1 heterocycles. The van der Waals surface area contributed by atoms with Gasteiger partial charge in [0.2, 0.25) is 5.91 Å². The predicted molar refractivity (Wildman–Crippen MR) is 106 cm³/mol. The number of alkyl carbamates (subject to hydrolysis) is 1. The number of benzene rings is 2. The summed E-state index contributed by atoms with van der Waals surface area (Å²) in [6, 6.07) is 13.8. The molecule has 28 heavy (non-hydrogen) atoms. The molecule has 6 heteroatoms. The third-order valence-corrected chi connectivity index (χ3v) is 4.29. The van der Waals surface area contributed by atoms with E-state index in [2.05, 4.69) is 10.6 Å². The molecular formula is C22H24N2O4. The van der Waals surface area contributed by atoms with Gasteiger partial charge >= 0.3 is 6.09 Å². The highest BCUT2D eigenvalue weighted by molar-refractivity contribution is 5.99. The van der Waals surface area contributed by atoms with Crippen molar-refractivity contribution in [1.82, 2.24) is 5.32 Å². The van der Waals surface area contributed by atoms with Crippen LogP contribution in [0.15, 0.2) is 48.5 Å². The average Bonchev–Trinajstić information content (AvgIpc) is 2.98. The molecule has 0 aromatic heterocycles. The first kappa shape index (κ1) is 19.6. The molecule has 0 saturated carbocycles. The maximum Gasteiger partial charge on any atom is 0.408 e. The number of nitrogens with one attached hydrogen (secondary N) is 2. The van der Waals surface area contributed by atoms with Crippen LogP contribution in [0.25, 0.3) is 0 Å². The van der Waals surface area contributed by atoms with E-state index in [0.717, 1.165) is 16.8 Å². The molecule has 0 spiro atoms. The summed E-state index contributed by atoms with van der Waals surface area (Å²) in [6.45, 7) is 5.31. The fourth-order valence-corrected chi connectivity index (χ4v) is 3.12. The van der Waals surface area contributed by atoms with Crippen LogP contribution in [0, 0.1) is 0 Å². The minimum Gasteiger partial charge on any atom is -0.444 e. The van der Waals surface area contributed by atoms with Crippen LogP contribution < -0.4 is 10.6 Å². The normalized spacial score (nSPS) is 14.0. The van der Waals surface area contributed by atoms with Crippen LogP contribution in [0.4, 0.5) is 10.5 Å². The summed E-state index contributed by atoms with van der Waals surface area (Å²) in [4.78, 5) is 36.8. The van der Waals surface area contributed by atoms with Gasteiger partial charge in [0, 0.05) is 12.1 Å². The van der Waals surface area contributed by atoms with Gasteiger partial charge in [0.15, 0.2) is 5.78 Å². The molecule has 1 aliphatic rings. The van der Waals surface area contributed by atoms with Crippen molar-refractivity contribution >= 4 is 23.5 Å². The quantitative estimate of drug-likeness (QED) is 0.831. The van der Waals surface area contributed by atoms with E-state index in [0.29, 0.717) is 12.0 Å². The molecule has 146 valence electrons. The SMILES string of the molecule is CC(C)(C)OC(=O)N[C@@H](C(=O)Cc1ccc2c(c1)CC(=O)N2)c1ccccc1. The first-order valence-electron chi connectivity index (χ1n) is 9.20. The van der Waals surface area contributed by atoms with Crippen molar-refractivity contribution < 1.29 is 19.1 Å². The number of ether oxygens (including phenoxy) is 1. The summed E-state index contributed by atoms with van der Waals surface area (Å²) >= 11 is 0. The Morgan fingerprint density at radius 1 is 1.14 bits per heavy atom. The van der Waals surface area contributed by atoms with Crippen LogP contribution in [0.1, 0.15) is 43.5 Å². The van der Waals surface area contributed by atoms with Crippen molar-refractivity contribution in [2.75, 3.05) is 5.32 Å². The Hall–Kier alpha value is -3.15. The van der Waals surface area contributed by atoms with Crippen LogP contribution in [0.2, 0.25) is 0 Å². The van der Waals surface area contributed by atoms with Crippen molar-refractivity contribution in [2.45, 2.75) is 45.3 Å². The molecule has 0 radical (unpaired) electrons. The molecule has 2 N–H and O–H groups in total. The number of ketones is 1. The number of carbonyl (C=O) groups is 3. The standard InChI is InChI=1S/C22H24N2O4/c1-22(2,3)28-21(27)24-20(15-7-5-4-6-8-15)18(25)12-14-9-10-17-16(11-14)13-19(26)23-17/h4-11,20H,12-13H2,1-3H3,(H,23,26)(H,24,27)/t20-/m1/s1. The lowest BCUT2D eigenvalue weighted by atomic mass is 9.96. The lowest BCUT2D eigenvalue weighted by Crippen LogP contribution is -2.38. The number of hydrogen-bond donors (Lipinski definition) is 2. The van der Waals surface area contributed by atoms with Crippen LogP contribution in [-0.2, 0) is 27.2 Å². The Morgan fingerprint density at radius 2 is 1.86 bits per heavy atom. The molecule has 2 aromatic rings. The van der Waals surface area contributed by atoms with E-state index in [9.17, 15) is 14.4 Å². The largest absolute Gasteiger partial charge is 0.444 e. The smallest absolute Gasteiger partial charge is 0.408 e. The van der Waals surface area contributed by atoms with Gasteiger partial charge in [0.25, 0.3) is 0 Å². The molecule has 0 unspecified atom stereocenters. The Bertz CT molecular complexity index is 900. The van der Waals surface area contributed by atoms with Crippen molar-refractivity contribution in [2.24, 2.45) is 0 Å². The molecule has 0 saturated heterocycles. The second-order valence-corrected chi connectivity index (χ2v) is 7.85. The van der Waals surface area contributed by atoms with Crippen molar-refractivity contribution in [3.05, 3.63) is 65.2 Å². The van der Waals surface area contributed by atoms with Crippen LogP contribution in [0.5, 0.6) is 0 Å². The predicted octanol–water partition coefficient (Wildman–Crippen LogP) is 3.56. The maximum absolute atomic E-state index is 13.0. The van der Waals surface area contributed by atoms with Crippen LogP contribution in [-0.4, -0.2) is 23.4 Å².